The molecule has 0 aliphatic carbocycles. The monoisotopic (exact) mass is 497 g/mol. The van der Waals surface area contributed by atoms with Gasteiger partial charge in [0.2, 0.25) is 0 Å². The van der Waals surface area contributed by atoms with Gasteiger partial charge < -0.3 is 31.5 Å². The predicted molar refractivity (Wildman–Crippen MR) is 133 cm³/mol. The lowest BCUT2D eigenvalue weighted by Crippen LogP contribution is -2.42. The number of rotatable bonds is 10. The quantitative estimate of drug-likeness (QED) is 0.257. The van der Waals surface area contributed by atoms with Gasteiger partial charge in [0.1, 0.15) is 36.2 Å². The first kappa shape index (κ1) is 25.7. The first-order valence-corrected chi connectivity index (χ1v) is 11.6. The summed E-state index contributed by atoms with van der Waals surface area (Å²) in [5, 5.41) is 30.7. The number of ether oxygens (including phenoxy) is 1. The van der Waals surface area contributed by atoms with Crippen molar-refractivity contribution in [2.24, 2.45) is 5.73 Å². The summed E-state index contributed by atoms with van der Waals surface area (Å²) < 4.78 is 7.57. The van der Waals surface area contributed by atoms with Crippen LogP contribution in [0.4, 0.5) is 5.82 Å². The molecule has 0 radical (unpaired) electrons. The molecule has 3 aromatic rings. The van der Waals surface area contributed by atoms with E-state index < -0.39 is 36.6 Å². The molecule has 0 spiro atoms. The number of nitrogens with two attached hydrogens (primary N) is 2. The van der Waals surface area contributed by atoms with Crippen LogP contribution in [0.1, 0.15) is 23.8 Å². The molecule has 0 amide bonds. The topological polar surface area (TPSA) is 186 Å². The van der Waals surface area contributed by atoms with Gasteiger partial charge in [-0.1, -0.05) is 42.0 Å². The summed E-state index contributed by atoms with van der Waals surface area (Å²) in [5.74, 6) is -0.879. The van der Waals surface area contributed by atoms with Gasteiger partial charge in [-0.2, -0.15) is 0 Å². The van der Waals surface area contributed by atoms with Crippen molar-refractivity contribution in [3.05, 3.63) is 54.1 Å². The van der Waals surface area contributed by atoms with Crippen LogP contribution >= 0.6 is 0 Å². The summed E-state index contributed by atoms with van der Waals surface area (Å²) in [6.07, 6.45) is 2.75. The zero-order valence-corrected chi connectivity index (χ0v) is 19.9. The zero-order chi connectivity index (χ0) is 25.8. The van der Waals surface area contributed by atoms with Gasteiger partial charge in [0.25, 0.3) is 0 Å². The van der Waals surface area contributed by atoms with E-state index in [0.29, 0.717) is 24.3 Å². The first-order valence-electron chi connectivity index (χ1n) is 11.6. The van der Waals surface area contributed by atoms with E-state index >= 15 is 0 Å². The largest absolute Gasteiger partial charge is 0.480 e. The third kappa shape index (κ3) is 5.69. The van der Waals surface area contributed by atoms with Crippen molar-refractivity contribution in [1.29, 1.82) is 0 Å². The van der Waals surface area contributed by atoms with E-state index in [1.54, 1.807) is 0 Å². The SMILES string of the molecule is Cc1cccc(/C=C/CN(CC[C@H](N)C(=O)O)C[C@H]2O[C@@H](n3cnc4c(N)ncnc43)[C@H](O)[C@@H]2O)c1. The molecule has 12 nitrogen and oxygen atoms in total. The van der Waals surface area contributed by atoms with Crippen molar-refractivity contribution in [2.45, 2.75) is 43.9 Å². The van der Waals surface area contributed by atoms with Gasteiger partial charge in [-0.3, -0.25) is 14.3 Å². The van der Waals surface area contributed by atoms with Crippen molar-refractivity contribution in [3.63, 3.8) is 0 Å². The molecule has 1 aliphatic rings. The van der Waals surface area contributed by atoms with Crippen LogP contribution in [0.3, 0.4) is 0 Å². The Morgan fingerprint density at radius 1 is 1.28 bits per heavy atom. The maximum absolute atomic E-state index is 11.2. The van der Waals surface area contributed by atoms with Crippen LogP contribution in [0.5, 0.6) is 0 Å². The Morgan fingerprint density at radius 3 is 2.83 bits per heavy atom. The Labute approximate surface area is 207 Å². The summed E-state index contributed by atoms with van der Waals surface area (Å²) in [7, 11) is 0. The van der Waals surface area contributed by atoms with Crippen LogP contribution in [-0.4, -0.2) is 89.7 Å². The van der Waals surface area contributed by atoms with Gasteiger partial charge in [0.05, 0.1) is 6.33 Å². The third-order valence-electron chi connectivity index (χ3n) is 6.23. The minimum Gasteiger partial charge on any atom is -0.480 e. The van der Waals surface area contributed by atoms with Gasteiger partial charge in [-0.25, -0.2) is 15.0 Å². The first-order chi connectivity index (χ1) is 17.2. The number of anilines is 1. The van der Waals surface area contributed by atoms with Crippen molar-refractivity contribution < 1.29 is 24.9 Å². The molecule has 0 saturated carbocycles. The van der Waals surface area contributed by atoms with Crippen molar-refractivity contribution in [2.75, 3.05) is 25.4 Å². The van der Waals surface area contributed by atoms with Gasteiger partial charge in [0, 0.05) is 19.6 Å². The summed E-state index contributed by atoms with van der Waals surface area (Å²) in [4.78, 5) is 25.4. The number of hydrogen-bond donors (Lipinski definition) is 5. The van der Waals surface area contributed by atoms with Gasteiger partial charge in [-0.05, 0) is 18.9 Å². The van der Waals surface area contributed by atoms with E-state index in [9.17, 15) is 15.0 Å². The number of aliphatic hydroxyl groups is 2. The molecule has 2 aromatic heterocycles. The molecule has 1 aliphatic heterocycles. The molecule has 7 N–H and O–H groups in total. The van der Waals surface area contributed by atoms with Crippen molar-refractivity contribution >= 4 is 29.0 Å². The number of nitrogen functional groups attached to an aromatic ring is 1. The standard InChI is InChI=1S/C24H31N7O5/c1-14-4-2-5-15(10-14)6-3-8-30(9-7-16(25)24(34)35)11-17-19(32)20(33)23(36-17)31-13-29-18-21(26)27-12-28-22(18)31/h2-6,10,12-13,16-17,19-20,23,32-33H,7-9,11,25H2,1H3,(H,34,35)(H2,26,27,28)/b6-3+/t16-,17+,19+,20+,23+/m0/s1. The minimum atomic E-state index is -1.24. The number of carboxylic acid groups (broad SMARTS) is 1. The lowest BCUT2D eigenvalue weighted by atomic mass is 10.1. The van der Waals surface area contributed by atoms with E-state index in [-0.39, 0.29) is 18.8 Å². The Hall–Kier alpha value is -3.42. The average Bonchev–Trinajstić information content (AvgIpc) is 3.39. The van der Waals surface area contributed by atoms with Crippen LogP contribution in [0, 0.1) is 6.92 Å². The number of aromatic nitrogens is 4. The molecule has 1 saturated heterocycles. The van der Waals surface area contributed by atoms with Crippen LogP contribution in [0.15, 0.2) is 43.0 Å². The summed E-state index contributed by atoms with van der Waals surface area (Å²) in [6, 6.07) is 7.02. The lowest BCUT2D eigenvalue weighted by Gasteiger charge is -2.26. The number of aliphatic carboxylic acids is 1. The Balaban J connectivity index is 1.48. The number of fused-ring (bicyclic) bond motifs is 1. The van der Waals surface area contributed by atoms with Crippen LogP contribution < -0.4 is 11.5 Å². The fourth-order valence-corrected chi connectivity index (χ4v) is 4.23. The second kappa shape index (κ2) is 11.1. The van der Waals surface area contributed by atoms with E-state index in [4.69, 9.17) is 21.3 Å². The highest BCUT2D eigenvalue weighted by molar-refractivity contribution is 5.81. The Bertz CT molecular complexity index is 1230. The molecule has 5 atom stereocenters. The van der Waals surface area contributed by atoms with E-state index in [1.807, 2.05) is 42.2 Å². The van der Waals surface area contributed by atoms with E-state index in [0.717, 1.165) is 11.1 Å². The highest BCUT2D eigenvalue weighted by Gasteiger charge is 2.44. The molecule has 192 valence electrons. The fraction of sp³-hybridized carbons (Fsp3) is 0.417. The Kier molecular flexibility index (Phi) is 7.91. The molecule has 0 bridgehead atoms. The maximum Gasteiger partial charge on any atom is 0.320 e. The summed E-state index contributed by atoms with van der Waals surface area (Å²) in [5.41, 5.74) is 14.5. The number of carbonyl (C=O) groups is 1. The molecule has 36 heavy (non-hydrogen) atoms. The average molecular weight is 498 g/mol. The maximum atomic E-state index is 11.2. The van der Waals surface area contributed by atoms with Gasteiger partial charge in [0.15, 0.2) is 17.7 Å². The Morgan fingerprint density at radius 2 is 2.08 bits per heavy atom. The normalized spacial score (nSPS) is 23.1. The number of nitrogens with zero attached hydrogens (tertiary/aromatic N) is 5. The number of benzene rings is 1. The number of hydrogen-bond acceptors (Lipinski definition) is 10. The fourth-order valence-electron chi connectivity index (χ4n) is 4.23. The van der Waals surface area contributed by atoms with Crippen LogP contribution in [0.25, 0.3) is 17.2 Å². The lowest BCUT2D eigenvalue weighted by molar-refractivity contribution is -0.138. The third-order valence-corrected chi connectivity index (χ3v) is 6.23. The molecule has 1 fully saturated rings. The summed E-state index contributed by atoms with van der Waals surface area (Å²) >= 11 is 0. The predicted octanol–water partition coefficient (Wildman–Crippen LogP) is 0.154. The van der Waals surface area contributed by atoms with Crippen molar-refractivity contribution in [1.82, 2.24) is 24.4 Å². The number of imidazole rings is 1. The molecule has 1 aromatic carbocycles. The molecular weight excluding hydrogens is 466 g/mol. The van der Waals surface area contributed by atoms with Gasteiger partial charge in [-0.15, -0.1) is 0 Å². The zero-order valence-electron chi connectivity index (χ0n) is 19.9. The number of aryl methyl sites for hydroxylation is 1. The minimum absolute atomic E-state index is 0.199. The van der Waals surface area contributed by atoms with Crippen LogP contribution in [0.2, 0.25) is 0 Å². The molecule has 0 unspecified atom stereocenters. The number of aliphatic hydroxyl groups excluding tert-OH is 2. The molecule has 3 heterocycles. The van der Waals surface area contributed by atoms with E-state index in [1.165, 1.54) is 17.2 Å². The highest BCUT2D eigenvalue weighted by Crippen LogP contribution is 2.32. The van der Waals surface area contributed by atoms with E-state index in [2.05, 4.69) is 21.0 Å². The smallest absolute Gasteiger partial charge is 0.320 e. The second-order valence-electron chi connectivity index (χ2n) is 8.94. The van der Waals surface area contributed by atoms with Crippen LogP contribution in [-0.2, 0) is 9.53 Å². The molecule has 12 heteroatoms. The second-order valence-corrected chi connectivity index (χ2v) is 8.94. The van der Waals surface area contributed by atoms with Crippen molar-refractivity contribution in [3.8, 4) is 0 Å². The summed E-state index contributed by atoms with van der Waals surface area (Å²) in [6.45, 7) is 3.08. The van der Waals surface area contributed by atoms with Gasteiger partial charge >= 0.3 is 5.97 Å². The molecular formula is C24H31N7O5. The highest BCUT2D eigenvalue weighted by atomic mass is 16.6. The number of carboxylic acids is 1. The molecule has 4 rings (SSSR count).